The lowest BCUT2D eigenvalue weighted by Gasteiger charge is -2.10. The van der Waals surface area contributed by atoms with Crippen molar-refractivity contribution in [2.24, 2.45) is 0 Å². The maximum Gasteiger partial charge on any atom is 0.121 e. The van der Waals surface area contributed by atoms with Gasteiger partial charge in [-0.05, 0) is 53.3 Å². The van der Waals surface area contributed by atoms with E-state index in [4.69, 9.17) is 0 Å². The number of aromatic hydroxyl groups is 1. The Morgan fingerprint density at radius 2 is 1.50 bits per heavy atom. The van der Waals surface area contributed by atoms with E-state index in [1.807, 2.05) is 13.8 Å². The highest BCUT2D eigenvalue weighted by Gasteiger charge is 2.06. The second-order valence-corrected chi connectivity index (χ2v) is 5.39. The molecule has 1 nitrogen and oxygen atoms in total. The molecule has 0 bridgehead atoms. The molecule has 0 aliphatic heterocycles. The van der Waals surface area contributed by atoms with E-state index >= 15 is 0 Å². The second-order valence-electron chi connectivity index (χ2n) is 5.39. The van der Waals surface area contributed by atoms with E-state index in [-0.39, 0.29) is 0 Å². The van der Waals surface area contributed by atoms with Gasteiger partial charge in [0.2, 0.25) is 0 Å². The predicted molar refractivity (Wildman–Crippen MR) is 84.3 cm³/mol. The van der Waals surface area contributed by atoms with Gasteiger partial charge in [-0.15, -0.1) is 0 Å². The summed E-state index contributed by atoms with van der Waals surface area (Å²) in [6.45, 7) is 3.91. The number of fused-ring (bicyclic) bond motifs is 1. The minimum absolute atomic E-state index is 0.409. The smallest absolute Gasteiger partial charge is 0.121 e. The van der Waals surface area contributed by atoms with E-state index in [9.17, 15) is 5.11 Å². The fraction of sp³-hybridized carbons (Fsp3) is 0.158. The fourth-order valence-corrected chi connectivity index (χ4v) is 2.81. The van der Waals surface area contributed by atoms with Gasteiger partial charge in [-0.2, -0.15) is 0 Å². The van der Waals surface area contributed by atoms with Crippen molar-refractivity contribution in [1.29, 1.82) is 0 Å². The van der Waals surface area contributed by atoms with Crippen LogP contribution in [0.15, 0.2) is 54.6 Å². The number of benzene rings is 3. The van der Waals surface area contributed by atoms with Gasteiger partial charge in [-0.1, -0.05) is 54.6 Å². The molecule has 0 saturated carbocycles. The minimum atomic E-state index is 0.409. The zero-order valence-corrected chi connectivity index (χ0v) is 11.9. The Morgan fingerprint density at radius 3 is 2.25 bits per heavy atom. The van der Waals surface area contributed by atoms with Crippen molar-refractivity contribution in [3.63, 3.8) is 0 Å². The summed E-state index contributed by atoms with van der Waals surface area (Å²) in [5, 5.41) is 12.4. The molecule has 100 valence electrons. The molecule has 3 aromatic carbocycles. The molecule has 0 spiro atoms. The summed E-state index contributed by atoms with van der Waals surface area (Å²) < 4.78 is 0. The van der Waals surface area contributed by atoms with Crippen LogP contribution in [-0.2, 0) is 6.42 Å². The zero-order chi connectivity index (χ0) is 14.1. The Balaban J connectivity index is 2.06. The molecule has 0 aliphatic carbocycles. The highest BCUT2D eigenvalue weighted by atomic mass is 16.3. The van der Waals surface area contributed by atoms with Gasteiger partial charge in [-0.25, -0.2) is 0 Å². The monoisotopic (exact) mass is 262 g/mol. The van der Waals surface area contributed by atoms with Gasteiger partial charge in [-0.3, -0.25) is 0 Å². The van der Waals surface area contributed by atoms with Crippen molar-refractivity contribution in [3.05, 3.63) is 76.9 Å². The predicted octanol–water partition coefficient (Wildman–Crippen LogP) is 4.75. The van der Waals surface area contributed by atoms with Crippen molar-refractivity contribution in [2.75, 3.05) is 0 Å². The molecule has 0 unspecified atom stereocenters. The lowest BCUT2D eigenvalue weighted by molar-refractivity contribution is 0.466. The van der Waals surface area contributed by atoms with Crippen molar-refractivity contribution in [2.45, 2.75) is 20.3 Å². The van der Waals surface area contributed by atoms with Gasteiger partial charge in [0.05, 0.1) is 0 Å². The molecular formula is C19H18O. The fourth-order valence-electron chi connectivity index (χ4n) is 2.81. The summed E-state index contributed by atoms with van der Waals surface area (Å²) in [5.74, 6) is 0.409. The van der Waals surface area contributed by atoms with Crippen LogP contribution in [0.1, 0.15) is 22.3 Å². The van der Waals surface area contributed by atoms with E-state index in [1.165, 1.54) is 21.9 Å². The van der Waals surface area contributed by atoms with Crippen molar-refractivity contribution in [3.8, 4) is 5.75 Å². The number of aryl methyl sites for hydroxylation is 2. The topological polar surface area (TPSA) is 20.2 Å². The van der Waals surface area contributed by atoms with E-state index in [0.29, 0.717) is 5.75 Å². The third-order valence-corrected chi connectivity index (χ3v) is 3.83. The molecule has 0 fully saturated rings. The molecule has 0 aromatic heterocycles. The molecule has 0 radical (unpaired) electrons. The number of hydrogen-bond acceptors (Lipinski definition) is 1. The molecule has 20 heavy (non-hydrogen) atoms. The lowest BCUT2D eigenvalue weighted by Crippen LogP contribution is -1.92. The minimum Gasteiger partial charge on any atom is -0.507 e. The molecule has 0 amide bonds. The Hall–Kier alpha value is -2.28. The Kier molecular flexibility index (Phi) is 3.19. The molecule has 1 N–H and O–H groups in total. The van der Waals surface area contributed by atoms with Crippen LogP contribution < -0.4 is 0 Å². The van der Waals surface area contributed by atoms with Crippen LogP contribution in [0.25, 0.3) is 10.8 Å². The molecular weight excluding hydrogens is 244 g/mol. The first-order chi connectivity index (χ1) is 9.65. The van der Waals surface area contributed by atoms with Crippen molar-refractivity contribution in [1.82, 2.24) is 0 Å². The van der Waals surface area contributed by atoms with Crippen LogP contribution in [0.2, 0.25) is 0 Å². The molecule has 3 rings (SSSR count). The summed E-state index contributed by atoms with van der Waals surface area (Å²) in [7, 11) is 0. The second kappa shape index (κ2) is 5.01. The molecule has 0 atom stereocenters. The Labute approximate surface area is 119 Å². The van der Waals surface area contributed by atoms with Crippen LogP contribution in [0, 0.1) is 13.8 Å². The summed E-state index contributed by atoms with van der Waals surface area (Å²) in [6, 6.07) is 19.1. The first-order valence-electron chi connectivity index (χ1n) is 6.91. The number of hydrogen-bond donors (Lipinski definition) is 1. The van der Waals surface area contributed by atoms with Gasteiger partial charge in [0.25, 0.3) is 0 Å². The van der Waals surface area contributed by atoms with Crippen molar-refractivity contribution < 1.29 is 5.11 Å². The Bertz CT molecular complexity index is 743. The van der Waals surface area contributed by atoms with Crippen LogP contribution in [0.3, 0.4) is 0 Å². The van der Waals surface area contributed by atoms with E-state index in [1.54, 1.807) is 0 Å². The third-order valence-electron chi connectivity index (χ3n) is 3.83. The standard InChI is InChI=1S/C19H18O/c1-13-10-15(11-14(2)19(13)20)12-17-8-5-7-16-6-3-4-9-18(16)17/h3-11,20H,12H2,1-2H3. The largest absolute Gasteiger partial charge is 0.507 e. The van der Waals surface area contributed by atoms with Crippen LogP contribution >= 0.6 is 0 Å². The average molecular weight is 262 g/mol. The lowest BCUT2D eigenvalue weighted by atomic mass is 9.96. The first-order valence-corrected chi connectivity index (χ1v) is 6.91. The SMILES string of the molecule is Cc1cc(Cc2cccc3ccccc23)cc(C)c1O. The number of phenols is 1. The molecule has 0 aliphatic rings. The average Bonchev–Trinajstić information content (AvgIpc) is 2.45. The summed E-state index contributed by atoms with van der Waals surface area (Å²) >= 11 is 0. The van der Waals surface area contributed by atoms with E-state index in [0.717, 1.165) is 17.5 Å². The normalized spacial score (nSPS) is 10.9. The van der Waals surface area contributed by atoms with Gasteiger partial charge < -0.3 is 5.11 Å². The van der Waals surface area contributed by atoms with Crippen LogP contribution in [0.4, 0.5) is 0 Å². The number of rotatable bonds is 2. The molecule has 1 heteroatoms. The maximum atomic E-state index is 9.87. The van der Waals surface area contributed by atoms with E-state index < -0.39 is 0 Å². The first kappa shape index (κ1) is 12.7. The molecule has 3 aromatic rings. The molecule has 0 heterocycles. The van der Waals surface area contributed by atoms with Gasteiger partial charge in [0, 0.05) is 0 Å². The highest BCUT2D eigenvalue weighted by Crippen LogP contribution is 2.26. The summed E-state index contributed by atoms with van der Waals surface area (Å²) in [4.78, 5) is 0. The highest BCUT2D eigenvalue weighted by molar-refractivity contribution is 5.85. The van der Waals surface area contributed by atoms with E-state index in [2.05, 4.69) is 54.6 Å². The van der Waals surface area contributed by atoms with Gasteiger partial charge in [0.1, 0.15) is 5.75 Å². The summed E-state index contributed by atoms with van der Waals surface area (Å²) in [5.41, 5.74) is 4.46. The summed E-state index contributed by atoms with van der Waals surface area (Å²) in [6.07, 6.45) is 0.892. The Morgan fingerprint density at radius 1 is 0.850 bits per heavy atom. The van der Waals surface area contributed by atoms with Crippen LogP contribution in [-0.4, -0.2) is 5.11 Å². The number of phenolic OH excluding ortho intramolecular Hbond substituents is 1. The van der Waals surface area contributed by atoms with Crippen LogP contribution in [0.5, 0.6) is 5.75 Å². The van der Waals surface area contributed by atoms with Crippen molar-refractivity contribution >= 4 is 10.8 Å². The van der Waals surface area contributed by atoms with Gasteiger partial charge >= 0.3 is 0 Å². The maximum absolute atomic E-state index is 9.87. The third kappa shape index (κ3) is 2.27. The zero-order valence-electron chi connectivity index (χ0n) is 11.9. The van der Waals surface area contributed by atoms with Gasteiger partial charge in [0.15, 0.2) is 0 Å². The quantitative estimate of drug-likeness (QED) is 0.706. The molecule has 0 saturated heterocycles.